The molecular weight excluding hydrogens is 580 g/mol. The van der Waals surface area contributed by atoms with E-state index < -0.39 is 11.9 Å². The van der Waals surface area contributed by atoms with Crippen LogP contribution in [0.2, 0.25) is 0 Å². The summed E-state index contributed by atoms with van der Waals surface area (Å²) in [6.07, 6.45) is 10.1. The standard InChI is InChI=1S/C37H52N4O5/c1-5-12-24-20-25(13-6-2)22-28(21-24)41-35-26(7-3)16-18-29(37(44)40-39)33(35)34-30(46-23-32(43)45-8-4)19-17-27(36(34)41)14-10-9-11-15-31(38)42/h17,19-22,26,29H,5-16,18,23,39H2,1-4H3,(H2,38,42)(H,40,44). The van der Waals surface area contributed by atoms with Crippen molar-refractivity contribution in [2.45, 2.75) is 117 Å². The van der Waals surface area contributed by atoms with E-state index in [-0.39, 0.29) is 30.9 Å². The summed E-state index contributed by atoms with van der Waals surface area (Å²) < 4.78 is 13.8. The van der Waals surface area contributed by atoms with Crippen molar-refractivity contribution in [3.05, 3.63) is 58.3 Å². The zero-order chi connectivity index (χ0) is 33.2. The summed E-state index contributed by atoms with van der Waals surface area (Å²) in [4.78, 5) is 37.2. The van der Waals surface area contributed by atoms with Crippen molar-refractivity contribution in [1.29, 1.82) is 0 Å². The van der Waals surface area contributed by atoms with E-state index in [4.69, 9.17) is 21.1 Å². The Bertz CT molecular complexity index is 1500. The molecule has 2 unspecified atom stereocenters. The lowest BCUT2D eigenvalue weighted by Gasteiger charge is -2.30. The number of amides is 2. The number of aromatic nitrogens is 1. The number of fused-ring (bicyclic) bond motifs is 3. The van der Waals surface area contributed by atoms with Crippen LogP contribution in [-0.4, -0.2) is 35.6 Å². The monoisotopic (exact) mass is 632 g/mol. The first-order valence-corrected chi connectivity index (χ1v) is 17.2. The molecule has 1 aliphatic carbocycles. The van der Waals surface area contributed by atoms with Crippen LogP contribution in [0.4, 0.5) is 0 Å². The quantitative estimate of drug-likeness (QED) is 0.0516. The summed E-state index contributed by atoms with van der Waals surface area (Å²) in [5.74, 6) is 5.14. The van der Waals surface area contributed by atoms with Gasteiger partial charge >= 0.3 is 5.97 Å². The lowest BCUT2D eigenvalue weighted by Crippen LogP contribution is -2.36. The number of hydrogen-bond acceptors (Lipinski definition) is 6. The number of benzene rings is 2. The highest BCUT2D eigenvalue weighted by molar-refractivity contribution is 6.00. The normalized spacial score (nSPS) is 15.8. The van der Waals surface area contributed by atoms with Gasteiger partial charge in [0.05, 0.1) is 18.0 Å². The zero-order valence-corrected chi connectivity index (χ0v) is 28.1. The van der Waals surface area contributed by atoms with Crippen LogP contribution >= 0.6 is 0 Å². The van der Waals surface area contributed by atoms with E-state index in [2.05, 4.69) is 55.0 Å². The van der Waals surface area contributed by atoms with Gasteiger partial charge in [0, 0.05) is 23.2 Å². The molecule has 9 heteroatoms. The van der Waals surface area contributed by atoms with Crippen molar-refractivity contribution in [1.82, 2.24) is 9.99 Å². The Morgan fingerprint density at radius 2 is 1.65 bits per heavy atom. The second kappa shape index (κ2) is 16.6. The highest BCUT2D eigenvalue weighted by Gasteiger charge is 2.38. The number of carbonyl (C=O) groups is 3. The molecule has 250 valence electrons. The van der Waals surface area contributed by atoms with Crippen LogP contribution < -0.4 is 21.7 Å². The fraction of sp³-hybridized carbons (Fsp3) is 0.541. The summed E-state index contributed by atoms with van der Waals surface area (Å²) in [5, 5.41) is 0.860. The van der Waals surface area contributed by atoms with Crippen molar-refractivity contribution in [2.75, 3.05) is 13.2 Å². The van der Waals surface area contributed by atoms with Gasteiger partial charge in [-0.2, -0.15) is 0 Å². The minimum atomic E-state index is -0.462. The molecule has 1 aromatic heterocycles. The molecule has 0 saturated heterocycles. The summed E-state index contributed by atoms with van der Waals surface area (Å²) in [6, 6.07) is 10.9. The van der Waals surface area contributed by atoms with E-state index in [9.17, 15) is 14.4 Å². The fourth-order valence-electron chi connectivity index (χ4n) is 7.12. The number of aryl methyl sites for hydroxylation is 3. The number of ether oxygens (including phenoxy) is 2. The second-order valence-electron chi connectivity index (χ2n) is 12.5. The van der Waals surface area contributed by atoms with Crippen molar-refractivity contribution < 1.29 is 23.9 Å². The van der Waals surface area contributed by atoms with E-state index in [1.54, 1.807) is 6.92 Å². The van der Waals surface area contributed by atoms with Gasteiger partial charge in [-0.3, -0.25) is 15.0 Å². The molecule has 9 nitrogen and oxygen atoms in total. The predicted octanol–water partition coefficient (Wildman–Crippen LogP) is 6.43. The third-order valence-corrected chi connectivity index (χ3v) is 9.12. The molecular formula is C37H52N4O5. The maximum absolute atomic E-state index is 13.4. The Morgan fingerprint density at radius 3 is 2.26 bits per heavy atom. The molecule has 1 heterocycles. The van der Waals surface area contributed by atoms with E-state index >= 15 is 0 Å². The van der Waals surface area contributed by atoms with Gasteiger partial charge in [0.1, 0.15) is 5.75 Å². The van der Waals surface area contributed by atoms with E-state index in [1.807, 2.05) is 6.07 Å². The molecule has 2 aromatic carbocycles. The molecule has 46 heavy (non-hydrogen) atoms. The number of nitrogens with zero attached hydrogens (tertiary/aromatic N) is 1. The number of esters is 1. The lowest BCUT2D eigenvalue weighted by molar-refractivity contribution is -0.145. The van der Waals surface area contributed by atoms with Gasteiger partial charge in [0.25, 0.3) is 0 Å². The molecule has 1 aliphatic rings. The number of primary amides is 1. The van der Waals surface area contributed by atoms with Gasteiger partial charge in [-0.25, -0.2) is 10.6 Å². The molecule has 0 aliphatic heterocycles. The predicted molar refractivity (Wildman–Crippen MR) is 182 cm³/mol. The van der Waals surface area contributed by atoms with Crippen LogP contribution in [-0.2, 0) is 38.4 Å². The third-order valence-electron chi connectivity index (χ3n) is 9.12. The van der Waals surface area contributed by atoms with Crippen LogP contribution in [0, 0.1) is 0 Å². The number of hydrogen-bond donors (Lipinski definition) is 3. The summed E-state index contributed by atoms with van der Waals surface area (Å²) in [7, 11) is 0. The zero-order valence-electron chi connectivity index (χ0n) is 28.1. The maximum atomic E-state index is 13.4. The van der Waals surface area contributed by atoms with Gasteiger partial charge in [-0.1, -0.05) is 52.2 Å². The number of hydrazine groups is 1. The van der Waals surface area contributed by atoms with Crippen LogP contribution in [0.1, 0.15) is 125 Å². The van der Waals surface area contributed by atoms with Gasteiger partial charge < -0.3 is 19.8 Å². The summed E-state index contributed by atoms with van der Waals surface area (Å²) in [5.41, 5.74) is 15.7. The van der Waals surface area contributed by atoms with Crippen molar-refractivity contribution in [3.63, 3.8) is 0 Å². The number of nitrogens with two attached hydrogens (primary N) is 2. The average molecular weight is 633 g/mol. The Kier molecular flexibility index (Phi) is 12.7. The minimum Gasteiger partial charge on any atom is -0.481 e. The number of rotatable bonds is 17. The molecule has 0 saturated carbocycles. The third kappa shape index (κ3) is 7.92. The van der Waals surface area contributed by atoms with Crippen molar-refractivity contribution in [2.24, 2.45) is 11.6 Å². The topological polar surface area (TPSA) is 139 Å². The Hall–Kier alpha value is -3.85. The molecule has 3 aromatic rings. The van der Waals surface area contributed by atoms with Crippen molar-refractivity contribution >= 4 is 28.7 Å². The minimum absolute atomic E-state index is 0.218. The smallest absolute Gasteiger partial charge is 0.344 e. The molecule has 4 rings (SSSR count). The van der Waals surface area contributed by atoms with E-state index in [1.165, 1.54) is 11.1 Å². The van der Waals surface area contributed by atoms with Crippen molar-refractivity contribution in [3.8, 4) is 11.4 Å². The molecule has 0 spiro atoms. The van der Waals surface area contributed by atoms with Gasteiger partial charge in [0.2, 0.25) is 11.8 Å². The molecule has 5 N–H and O–H groups in total. The highest BCUT2D eigenvalue weighted by Crippen LogP contribution is 2.50. The van der Waals surface area contributed by atoms with Gasteiger partial charge in [-0.15, -0.1) is 0 Å². The molecule has 0 bridgehead atoms. The second-order valence-corrected chi connectivity index (χ2v) is 12.5. The first-order valence-electron chi connectivity index (χ1n) is 17.2. The highest BCUT2D eigenvalue weighted by atomic mass is 16.6. The van der Waals surface area contributed by atoms with Crippen LogP contribution in [0.5, 0.6) is 5.75 Å². The molecule has 0 fully saturated rings. The number of unbranched alkanes of at least 4 members (excludes halogenated alkanes) is 2. The summed E-state index contributed by atoms with van der Waals surface area (Å²) in [6.45, 7) is 8.41. The Balaban J connectivity index is 2.05. The summed E-state index contributed by atoms with van der Waals surface area (Å²) >= 11 is 0. The fourth-order valence-corrected chi connectivity index (χ4v) is 7.12. The van der Waals surface area contributed by atoms with E-state index in [0.717, 1.165) is 97.6 Å². The first-order chi connectivity index (χ1) is 22.3. The Labute approximate surface area is 273 Å². The number of carbonyl (C=O) groups excluding carboxylic acids is 3. The van der Waals surface area contributed by atoms with E-state index in [0.29, 0.717) is 18.6 Å². The average Bonchev–Trinajstić information content (AvgIpc) is 3.40. The largest absolute Gasteiger partial charge is 0.481 e. The lowest BCUT2D eigenvalue weighted by atomic mass is 9.77. The number of nitrogens with one attached hydrogen (secondary N) is 1. The van der Waals surface area contributed by atoms with Crippen LogP contribution in [0.3, 0.4) is 0 Å². The SMILES string of the molecule is CCCc1cc(CCC)cc(-n2c3c(c4c(OCC(=O)OCC)ccc(CCCCCC(N)=O)c42)C(C(=O)NN)CCC3CC)c1. The maximum Gasteiger partial charge on any atom is 0.344 e. The molecule has 2 amide bonds. The van der Waals surface area contributed by atoms with Gasteiger partial charge in [-0.05, 0) is 105 Å². The first kappa shape index (κ1) is 35.0. The molecule has 2 atom stereocenters. The van der Waals surface area contributed by atoms with Crippen LogP contribution in [0.25, 0.3) is 16.6 Å². The van der Waals surface area contributed by atoms with Crippen LogP contribution in [0.15, 0.2) is 30.3 Å². The van der Waals surface area contributed by atoms with Gasteiger partial charge in [0.15, 0.2) is 6.61 Å². The Morgan fingerprint density at radius 1 is 0.935 bits per heavy atom. The molecule has 0 radical (unpaired) electrons.